The van der Waals surface area contributed by atoms with Gasteiger partial charge in [-0.05, 0) is 37.7 Å². The second-order valence-electron chi connectivity index (χ2n) is 6.69. The smallest absolute Gasteiger partial charge is 0.407 e. The summed E-state index contributed by atoms with van der Waals surface area (Å²) in [4.78, 5) is 34.6. The first kappa shape index (κ1) is 24.3. The maximum Gasteiger partial charge on any atom is 0.407 e. The van der Waals surface area contributed by atoms with Gasteiger partial charge in [0.1, 0.15) is 6.61 Å². The number of hydrogen-bond donors (Lipinski definition) is 4. The van der Waals surface area contributed by atoms with Crippen LogP contribution in [-0.2, 0) is 16.1 Å². The lowest BCUT2D eigenvalue weighted by molar-refractivity contribution is -0.121. The Balaban J connectivity index is 1.89. The fourth-order valence-corrected chi connectivity index (χ4v) is 2.46. The van der Waals surface area contributed by atoms with Gasteiger partial charge in [-0.15, -0.1) is 0 Å². The van der Waals surface area contributed by atoms with E-state index in [2.05, 4.69) is 21.3 Å². The molecular formula is C21H34N4O4. The third kappa shape index (κ3) is 14.0. The minimum absolute atomic E-state index is 0.0108. The number of unbranched alkanes of at least 4 members (excludes halogenated alkanes) is 2. The van der Waals surface area contributed by atoms with Gasteiger partial charge in [-0.3, -0.25) is 4.79 Å². The zero-order valence-electron chi connectivity index (χ0n) is 17.3. The van der Waals surface area contributed by atoms with E-state index in [4.69, 9.17) is 4.74 Å². The van der Waals surface area contributed by atoms with Gasteiger partial charge in [0.15, 0.2) is 0 Å². The van der Waals surface area contributed by atoms with Gasteiger partial charge in [0.2, 0.25) is 5.91 Å². The summed E-state index contributed by atoms with van der Waals surface area (Å²) in [6, 6.07) is 9.34. The summed E-state index contributed by atoms with van der Waals surface area (Å²) in [6.45, 7) is 4.54. The average molecular weight is 407 g/mol. The quantitative estimate of drug-likeness (QED) is 0.356. The molecule has 1 aromatic carbocycles. The summed E-state index contributed by atoms with van der Waals surface area (Å²) in [5.74, 6) is -0.0108. The Morgan fingerprint density at radius 3 is 2.17 bits per heavy atom. The van der Waals surface area contributed by atoms with Crippen molar-refractivity contribution in [3.63, 3.8) is 0 Å². The highest BCUT2D eigenvalue weighted by molar-refractivity contribution is 5.76. The molecule has 1 rings (SSSR count). The van der Waals surface area contributed by atoms with Gasteiger partial charge < -0.3 is 26.0 Å². The molecule has 0 saturated carbocycles. The van der Waals surface area contributed by atoms with Gasteiger partial charge >= 0.3 is 12.1 Å². The number of amides is 4. The number of alkyl carbamates (subject to hydrolysis) is 1. The van der Waals surface area contributed by atoms with E-state index in [0.717, 1.165) is 31.2 Å². The van der Waals surface area contributed by atoms with Crippen molar-refractivity contribution in [1.29, 1.82) is 0 Å². The first-order valence-corrected chi connectivity index (χ1v) is 10.3. The molecule has 4 amide bonds. The number of benzene rings is 1. The average Bonchev–Trinajstić information content (AvgIpc) is 2.73. The first-order valence-electron chi connectivity index (χ1n) is 10.3. The Morgan fingerprint density at radius 1 is 0.793 bits per heavy atom. The minimum atomic E-state index is -0.417. The van der Waals surface area contributed by atoms with Crippen molar-refractivity contribution in [2.45, 2.75) is 52.1 Å². The van der Waals surface area contributed by atoms with E-state index in [1.165, 1.54) is 0 Å². The molecule has 0 atom stereocenters. The fourth-order valence-electron chi connectivity index (χ4n) is 2.46. The monoisotopic (exact) mass is 406 g/mol. The molecule has 162 valence electrons. The molecule has 0 aliphatic carbocycles. The van der Waals surface area contributed by atoms with Crippen LogP contribution in [0.25, 0.3) is 0 Å². The van der Waals surface area contributed by atoms with Crippen LogP contribution in [0.15, 0.2) is 30.3 Å². The molecule has 0 fully saturated rings. The van der Waals surface area contributed by atoms with E-state index in [-0.39, 0.29) is 18.5 Å². The Labute approximate surface area is 173 Å². The van der Waals surface area contributed by atoms with Crippen LogP contribution in [0.3, 0.4) is 0 Å². The Kier molecular flexibility index (Phi) is 13.6. The highest BCUT2D eigenvalue weighted by Gasteiger charge is 2.03. The summed E-state index contributed by atoms with van der Waals surface area (Å²) in [7, 11) is 0. The molecule has 4 N–H and O–H groups in total. The molecular weight excluding hydrogens is 372 g/mol. The van der Waals surface area contributed by atoms with Crippen LogP contribution in [0.1, 0.15) is 51.0 Å². The van der Waals surface area contributed by atoms with Crippen LogP contribution in [0.2, 0.25) is 0 Å². The third-order valence-electron chi connectivity index (χ3n) is 4.06. The molecule has 0 heterocycles. The zero-order valence-corrected chi connectivity index (χ0v) is 17.3. The van der Waals surface area contributed by atoms with Gasteiger partial charge in [0, 0.05) is 32.6 Å². The summed E-state index contributed by atoms with van der Waals surface area (Å²) in [5.41, 5.74) is 0.953. The molecule has 0 spiro atoms. The Morgan fingerprint density at radius 2 is 1.45 bits per heavy atom. The van der Waals surface area contributed by atoms with Crippen molar-refractivity contribution in [2.24, 2.45) is 0 Å². The van der Waals surface area contributed by atoms with Gasteiger partial charge in [-0.25, -0.2) is 9.59 Å². The van der Waals surface area contributed by atoms with Crippen molar-refractivity contribution < 1.29 is 19.1 Å². The summed E-state index contributed by atoms with van der Waals surface area (Å²) < 4.78 is 5.13. The van der Waals surface area contributed by atoms with Crippen LogP contribution in [0.5, 0.6) is 0 Å². The molecule has 0 aliphatic rings. The van der Waals surface area contributed by atoms with Crippen molar-refractivity contribution in [3.05, 3.63) is 35.9 Å². The molecule has 29 heavy (non-hydrogen) atoms. The van der Waals surface area contributed by atoms with Crippen LogP contribution >= 0.6 is 0 Å². The second kappa shape index (κ2) is 16.2. The maximum absolute atomic E-state index is 11.7. The number of carbonyl (C=O) groups is 3. The molecule has 8 heteroatoms. The van der Waals surface area contributed by atoms with Crippen molar-refractivity contribution >= 4 is 18.0 Å². The highest BCUT2D eigenvalue weighted by atomic mass is 16.5. The molecule has 0 aliphatic heterocycles. The number of rotatable bonds is 14. The lowest BCUT2D eigenvalue weighted by Crippen LogP contribution is -2.36. The predicted octanol–water partition coefficient (Wildman–Crippen LogP) is 2.69. The van der Waals surface area contributed by atoms with Gasteiger partial charge in [0.25, 0.3) is 0 Å². The third-order valence-corrected chi connectivity index (χ3v) is 4.06. The van der Waals surface area contributed by atoms with Crippen molar-refractivity contribution in [3.8, 4) is 0 Å². The molecule has 0 saturated heterocycles. The zero-order chi connectivity index (χ0) is 21.2. The Bertz CT molecular complexity index is 596. The number of hydrogen-bond acceptors (Lipinski definition) is 4. The topological polar surface area (TPSA) is 109 Å². The molecule has 0 unspecified atom stereocenters. The predicted molar refractivity (Wildman–Crippen MR) is 112 cm³/mol. The van der Waals surface area contributed by atoms with E-state index >= 15 is 0 Å². The molecule has 0 aromatic heterocycles. The number of ether oxygens (including phenoxy) is 1. The summed E-state index contributed by atoms with van der Waals surface area (Å²) >= 11 is 0. The highest BCUT2D eigenvalue weighted by Crippen LogP contribution is 2.00. The number of carbonyl (C=O) groups excluding carboxylic acids is 3. The van der Waals surface area contributed by atoms with E-state index in [0.29, 0.717) is 39.0 Å². The molecule has 1 aromatic rings. The summed E-state index contributed by atoms with van der Waals surface area (Å²) in [6.07, 6.45) is 4.06. The second-order valence-corrected chi connectivity index (χ2v) is 6.69. The maximum atomic E-state index is 11.7. The standard InChI is InChI=1S/C21H34N4O4/c1-2-13-23-20(27)24-16-9-12-19(26)22-14-7-4-8-15-25-21(28)29-17-18-10-5-3-6-11-18/h3,5-6,10-11H,2,4,7-9,12-17H2,1H3,(H,22,26)(H,25,28)(H2,23,24,27). The van der Waals surface area contributed by atoms with Crippen molar-refractivity contribution in [2.75, 3.05) is 26.2 Å². The van der Waals surface area contributed by atoms with Gasteiger partial charge in [-0.2, -0.15) is 0 Å². The lowest BCUT2D eigenvalue weighted by atomic mass is 10.2. The lowest BCUT2D eigenvalue weighted by Gasteiger charge is -2.08. The van der Waals surface area contributed by atoms with E-state index in [1.54, 1.807) is 0 Å². The first-order chi connectivity index (χ1) is 14.1. The summed E-state index contributed by atoms with van der Waals surface area (Å²) in [5, 5.41) is 11.0. The van der Waals surface area contributed by atoms with Crippen LogP contribution < -0.4 is 21.3 Å². The molecule has 0 radical (unpaired) electrons. The number of urea groups is 1. The van der Waals surface area contributed by atoms with E-state index in [1.807, 2.05) is 37.3 Å². The van der Waals surface area contributed by atoms with Crippen LogP contribution in [-0.4, -0.2) is 44.2 Å². The fraction of sp³-hybridized carbons (Fsp3) is 0.571. The van der Waals surface area contributed by atoms with Crippen LogP contribution in [0, 0.1) is 0 Å². The molecule has 0 bridgehead atoms. The van der Waals surface area contributed by atoms with Gasteiger partial charge in [0.05, 0.1) is 0 Å². The van der Waals surface area contributed by atoms with Crippen LogP contribution in [0.4, 0.5) is 9.59 Å². The van der Waals surface area contributed by atoms with Crippen molar-refractivity contribution in [1.82, 2.24) is 21.3 Å². The minimum Gasteiger partial charge on any atom is -0.445 e. The van der Waals surface area contributed by atoms with Gasteiger partial charge in [-0.1, -0.05) is 37.3 Å². The normalized spacial score (nSPS) is 10.1. The Hall–Kier alpha value is -2.77. The van der Waals surface area contributed by atoms with E-state index in [9.17, 15) is 14.4 Å². The molecule has 8 nitrogen and oxygen atoms in total. The number of nitrogens with one attached hydrogen (secondary N) is 4. The largest absolute Gasteiger partial charge is 0.445 e. The van der Waals surface area contributed by atoms with E-state index < -0.39 is 6.09 Å². The SMILES string of the molecule is CCCNC(=O)NCCCC(=O)NCCCCCNC(=O)OCc1ccccc1.